The van der Waals surface area contributed by atoms with E-state index in [0.29, 0.717) is 46.4 Å². The SMILES string of the molecule is CCCOc1ccccc1N1C(=O)C(SCC)=C(c2ccc(OCC)cc2)C1=O. The highest BCUT2D eigenvalue weighted by atomic mass is 32.2. The van der Waals surface area contributed by atoms with E-state index < -0.39 is 0 Å². The summed E-state index contributed by atoms with van der Waals surface area (Å²) in [5.74, 6) is 1.32. The molecule has 3 rings (SSSR count). The number of benzene rings is 2. The van der Waals surface area contributed by atoms with E-state index in [1.54, 1.807) is 18.2 Å². The summed E-state index contributed by atoms with van der Waals surface area (Å²) in [6, 6.07) is 14.5. The van der Waals surface area contributed by atoms with Gasteiger partial charge >= 0.3 is 0 Å². The lowest BCUT2D eigenvalue weighted by Crippen LogP contribution is -2.31. The molecule has 0 N–H and O–H groups in total. The van der Waals surface area contributed by atoms with Crippen molar-refractivity contribution in [1.82, 2.24) is 0 Å². The van der Waals surface area contributed by atoms with Gasteiger partial charge in [0.1, 0.15) is 11.5 Å². The Morgan fingerprint density at radius 2 is 1.62 bits per heavy atom. The molecule has 29 heavy (non-hydrogen) atoms. The highest BCUT2D eigenvalue weighted by molar-refractivity contribution is 8.04. The third-order valence-corrected chi connectivity index (χ3v) is 5.31. The van der Waals surface area contributed by atoms with Gasteiger partial charge in [-0.1, -0.05) is 38.1 Å². The summed E-state index contributed by atoms with van der Waals surface area (Å²) in [7, 11) is 0. The van der Waals surface area contributed by atoms with Crippen LogP contribution in [-0.4, -0.2) is 30.8 Å². The van der Waals surface area contributed by atoms with Gasteiger partial charge in [-0.3, -0.25) is 9.59 Å². The average molecular weight is 412 g/mol. The van der Waals surface area contributed by atoms with Crippen molar-refractivity contribution in [3.63, 3.8) is 0 Å². The number of rotatable bonds is 9. The zero-order valence-corrected chi connectivity index (χ0v) is 17.8. The Hall–Kier alpha value is -2.73. The quantitative estimate of drug-likeness (QED) is 0.549. The van der Waals surface area contributed by atoms with Crippen LogP contribution in [0.4, 0.5) is 5.69 Å². The molecule has 0 atom stereocenters. The number of thioether (sulfide) groups is 1. The van der Waals surface area contributed by atoms with Crippen LogP contribution in [0.15, 0.2) is 53.4 Å². The highest BCUT2D eigenvalue weighted by Crippen LogP contribution is 2.41. The van der Waals surface area contributed by atoms with Crippen molar-refractivity contribution in [3.8, 4) is 11.5 Å². The van der Waals surface area contributed by atoms with E-state index in [2.05, 4.69) is 0 Å². The maximum atomic E-state index is 13.4. The van der Waals surface area contributed by atoms with Gasteiger partial charge in [0.25, 0.3) is 11.8 Å². The molecule has 1 heterocycles. The van der Waals surface area contributed by atoms with Crippen molar-refractivity contribution in [2.75, 3.05) is 23.9 Å². The minimum absolute atomic E-state index is 0.307. The van der Waals surface area contributed by atoms with Crippen molar-refractivity contribution in [2.24, 2.45) is 0 Å². The molecule has 2 amide bonds. The minimum atomic E-state index is -0.331. The number of carbonyl (C=O) groups is 2. The Bertz CT molecular complexity index is 921. The summed E-state index contributed by atoms with van der Waals surface area (Å²) < 4.78 is 11.3. The molecular formula is C23H25NO4S. The van der Waals surface area contributed by atoms with Gasteiger partial charge in [0, 0.05) is 0 Å². The van der Waals surface area contributed by atoms with Gasteiger partial charge < -0.3 is 9.47 Å². The number of hydrogen-bond donors (Lipinski definition) is 0. The van der Waals surface area contributed by atoms with E-state index in [1.165, 1.54) is 16.7 Å². The standard InChI is InChI=1S/C23H25NO4S/c1-4-15-28-19-10-8-7-9-18(19)24-22(25)20(21(23(24)26)29-6-3)16-11-13-17(14-12-16)27-5-2/h7-14H,4-6,15H2,1-3H3. The van der Waals surface area contributed by atoms with Crippen LogP contribution in [0.1, 0.15) is 32.8 Å². The smallest absolute Gasteiger partial charge is 0.272 e. The normalized spacial score (nSPS) is 14.0. The summed E-state index contributed by atoms with van der Waals surface area (Å²) in [6.45, 7) is 6.98. The summed E-state index contributed by atoms with van der Waals surface area (Å²) in [5.41, 5.74) is 1.61. The Labute approximate surface area is 175 Å². The van der Waals surface area contributed by atoms with E-state index in [0.717, 1.165) is 12.2 Å². The van der Waals surface area contributed by atoms with Gasteiger partial charge in [0.05, 0.1) is 29.4 Å². The Morgan fingerprint density at radius 1 is 0.897 bits per heavy atom. The Morgan fingerprint density at radius 3 is 2.28 bits per heavy atom. The third-order valence-electron chi connectivity index (χ3n) is 4.35. The molecule has 152 valence electrons. The molecule has 6 heteroatoms. The van der Waals surface area contributed by atoms with Gasteiger partial charge in [0.15, 0.2) is 0 Å². The lowest BCUT2D eigenvalue weighted by Gasteiger charge is -2.19. The molecule has 0 saturated carbocycles. The van der Waals surface area contributed by atoms with Crippen molar-refractivity contribution in [3.05, 3.63) is 59.0 Å². The number of ether oxygens (including phenoxy) is 2. The lowest BCUT2D eigenvalue weighted by atomic mass is 10.1. The fourth-order valence-electron chi connectivity index (χ4n) is 3.12. The zero-order chi connectivity index (χ0) is 20.8. The second-order valence-electron chi connectivity index (χ2n) is 6.36. The first-order valence-electron chi connectivity index (χ1n) is 9.83. The predicted octanol–water partition coefficient (Wildman–Crippen LogP) is 4.91. The fraction of sp³-hybridized carbons (Fsp3) is 0.304. The number of amides is 2. The Balaban J connectivity index is 2.01. The van der Waals surface area contributed by atoms with E-state index >= 15 is 0 Å². The fourth-order valence-corrected chi connectivity index (χ4v) is 3.97. The second kappa shape index (κ2) is 9.65. The summed E-state index contributed by atoms with van der Waals surface area (Å²) >= 11 is 1.39. The van der Waals surface area contributed by atoms with Crippen LogP contribution in [0.2, 0.25) is 0 Å². The molecule has 0 aliphatic carbocycles. The Kier molecular flexibility index (Phi) is 6.99. The van der Waals surface area contributed by atoms with Crippen LogP contribution in [0.25, 0.3) is 5.57 Å². The summed E-state index contributed by atoms with van der Waals surface area (Å²) in [4.78, 5) is 28.3. The van der Waals surface area contributed by atoms with Gasteiger partial charge in [-0.25, -0.2) is 4.90 Å². The maximum absolute atomic E-state index is 13.4. The van der Waals surface area contributed by atoms with Crippen molar-refractivity contribution in [2.45, 2.75) is 27.2 Å². The minimum Gasteiger partial charge on any atom is -0.494 e. The number of para-hydroxylation sites is 2. The molecule has 1 aliphatic heterocycles. The molecule has 0 bridgehead atoms. The van der Waals surface area contributed by atoms with E-state index in [4.69, 9.17) is 9.47 Å². The summed E-state index contributed by atoms with van der Waals surface area (Å²) in [5, 5.41) is 0. The number of nitrogens with zero attached hydrogens (tertiary/aromatic N) is 1. The molecular weight excluding hydrogens is 386 g/mol. The predicted molar refractivity (Wildman–Crippen MR) is 117 cm³/mol. The van der Waals surface area contributed by atoms with Gasteiger partial charge in [0.2, 0.25) is 0 Å². The monoisotopic (exact) mass is 411 g/mol. The van der Waals surface area contributed by atoms with Crippen LogP contribution in [0.5, 0.6) is 11.5 Å². The number of carbonyl (C=O) groups excluding carboxylic acids is 2. The van der Waals surface area contributed by atoms with Gasteiger partial charge in [-0.2, -0.15) is 0 Å². The molecule has 2 aromatic carbocycles. The van der Waals surface area contributed by atoms with E-state index in [-0.39, 0.29) is 11.8 Å². The molecule has 5 nitrogen and oxygen atoms in total. The number of anilines is 1. The third kappa shape index (κ3) is 4.32. The molecule has 1 aliphatic rings. The van der Waals surface area contributed by atoms with E-state index in [1.807, 2.05) is 51.1 Å². The van der Waals surface area contributed by atoms with E-state index in [9.17, 15) is 9.59 Å². The topological polar surface area (TPSA) is 55.8 Å². The van der Waals surface area contributed by atoms with Crippen molar-refractivity contribution < 1.29 is 19.1 Å². The first kappa shape index (κ1) is 21.0. The first-order chi connectivity index (χ1) is 14.1. The zero-order valence-electron chi connectivity index (χ0n) is 16.9. The lowest BCUT2D eigenvalue weighted by molar-refractivity contribution is -0.119. The maximum Gasteiger partial charge on any atom is 0.272 e. The van der Waals surface area contributed by atoms with Crippen LogP contribution in [0, 0.1) is 0 Å². The molecule has 0 spiro atoms. The molecule has 0 unspecified atom stereocenters. The molecule has 0 radical (unpaired) electrons. The first-order valence-corrected chi connectivity index (χ1v) is 10.8. The van der Waals surface area contributed by atoms with Crippen LogP contribution >= 0.6 is 11.8 Å². The highest BCUT2D eigenvalue weighted by Gasteiger charge is 2.41. The van der Waals surface area contributed by atoms with Crippen LogP contribution < -0.4 is 14.4 Å². The van der Waals surface area contributed by atoms with Gasteiger partial charge in [-0.05, 0) is 48.9 Å². The van der Waals surface area contributed by atoms with Crippen molar-refractivity contribution in [1.29, 1.82) is 0 Å². The van der Waals surface area contributed by atoms with Crippen LogP contribution in [-0.2, 0) is 9.59 Å². The largest absolute Gasteiger partial charge is 0.494 e. The molecule has 0 aromatic heterocycles. The number of imide groups is 1. The molecule has 0 fully saturated rings. The molecule has 0 saturated heterocycles. The summed E-state index contributed by atoms with van der Waals surface area (Å²) in [6.07, 6.45) is 0.836. The van der Waals surface area contributed by atoms with Crippen molar-refractivity contribution >= 4 is 34.8 Å². The average Bonchev–Trinajstić information content (AvgIpc) is 2.97. The van der Waals surface area contributed by atoms with Crippen LogP contribution in [0.3, 0.4) is 0 Å². The second-order valence-corrected chi connectivity index (χ2v) is 7.63. The van der Waals surface area contributed by atoms with Gasteiger partial charge in [-0.15, -0.1) is 11.8 Å². The number of hydrogen-bond acceptors (Lipinski definition) is 5. The molecule has 2 aromatic rings.